The number of hydrogen-bond donors (Lipinski definition) is 2. The van der Waals surface area contributed by atoms with Crippen LogP contribution in [0.2, 0.25) is 0 Å². The summed E-state index contributed by atoms with van der Waals surface area (Å²) in [6.07, 6.45) is 4.64. The summed E-state index contributed by atoms with van der Waals surface area (Å²) < 4.78 is 11.0. The summed E-state index contributed by atoms with van der Waals surface area (Å²) in [6, 6.07) is 5.49. The van der Waals surface area contributed by atoms with Gasteiger partial charge in [-0.05, 0) is 30.5 Å². The van der Waals surface area contributed by atoms with Gasteiger partial charge in [0.1, 0.15) is 19.3 Å². The standard InChI is InChI=1S/C15H20N2O3/c16-15(18)14(17-11-3-1-2-4-11)10-5-6-12-13(9-10)20-8-7-19-12/h5-6,9,11,14,17H,1-4,7-8H2,(H2,16,18). The lowest BCUT2D eigenvalue weighted by Crippen LogP contribution is -2.38. The Kier molecular flexibility index (Phi) is 3.78. The minimum absolute atomic E-state index is 0.353. The predicted octanol–water partition coefficient (Wildman–Crippen LogP) is 1.52. The first kappa shape index (κ1) is 13.2. The van der Waals surface area contributed by atoms with E-state index in [-0.39, 0.29) is 5.91 Å². The molecule has 1 aliphatic carbocycles. The van der Waals surface area contributed by atoms with Crippen LogP contribution in [0.1, 0.15) is 37.3 Å². The molecule has 3 rings (SSSR count). The molecule has 0 bridgehead atoms. The van der Waals surface area contributed by atoms with Gasteiger partial charge in [-0.1, -0.05) is 18.9 Å². The van der Waals surface area contributed by atoms with Crippen molar-refractivity contribution in [2.45, 2.75) is 37.8 Å². The van der Waals surface area contributed by atoms with Crippen molar-refractivity contribution in [1.82, 2.24) is 5.32 Å². The summed E-state index contributed by atoms with van der Waals surface area (Å²) in [4.78, 5) is 11.7. The summed E-state index contributed by atoms with van der Waals surface area (Å²) >= 11 is 0. The van der Waals surface area contributed by atoms with Crippen LogP contribution in [0.3, 0.4) is 0 Å². The zero-order valence-corrected chi connectivity index (χ0v) is 11.4. The van der Waals surface area contributed by atoms with Crippen molar-refractivity contribution in [3.05, 3.63) is 23.8 Å². The molecule has 1 aromatic carbocycles. The van der Waals surface area contributed by atoms with Gasteiger partial charge in [-0.25, -0.2) is 0 Å². The highest BCUT2D eigenvalue weighted by Crippen LogP contribution is 2.33. The second-order valence-corrected chi connectivity index (χ2v) is 5.39. The molecule has 0 aromatic heterocycles. The number of nitrogens with two attached hydrogens (primary N) is 1. The molecule has 108 valence electrons. The molecule has 1 aliphatic heterocycles. The van der Waals surface area contributed by atoms with E-state index in [9.17, 15) is 4.79 Å². The zero-order chi connectivity index (χ0) is 13.9. The normalized spacial score (nSPS) is 19.8. The van der Waals surface area contributed by atoms with Crippen molar-refractivity contribution in [1.29, 1.82) is 0 Å². The van der Waals surface area contributed by atoms with E-state index in [2.05, 4.69) is 5.32 Å². The number of benzene rings is 1. The number of carbonyl (C=O) groups excluding carboxylic acids is 1. The van der Waals surface area contributed by atoms with Crippen molar-refractivity contribution in [3.63, 3.8) is 0 Å². The van der Waals surface area contributed by atoms with Gasteiger partial charge in [-0.2, -0.15) is 0 Å². The predicted molar refractivity (Wildman–Crippen MR) is 74.8 cm³/mol. The summed E-state index contributed by atoms with van der Waals surface area (Å²) in [5.74, 6) is 1.06. The van der Waals surface area contributed by atoms with Gasteiger partial charge in [-0.3, -0.25) is 10.1 Å². The maximum Gasteiger partial charge on any atom is 0.239 e. The number of primary amides is 1. The lowest BCUT2D eigenvalue weighted by molar-refractivity contribution is -0.120. The number of amides is 1. The highest BCUT2D eigenvalue weighted by atomic mass is 16.6. The molecule has 1 heterocycles. The minimum Gasteiger partial charge on any atom is -0.486 e. The van der Waals surface area contributed by atoms with Crippen molar-refractivity contribution >= 4 is 5.91 Å². The van der Waals surface area contributed by atoms with Crippen LogP contribution in [-0.2, 0) is 4.79 Å². The average molecular weight is 276 g/mol. The third kappa shape index (κ3) is 2.72. The Morgan fingerprint density at radius 1 is 1.20 bits per heavy atom. The summed E-state index contributed by atoms with van der Waals surface area (Å²) in [7, 11) is 0. The van der Waals surface area contributed by atoms with Crippen LogP contribution >= 0.6 is 0 Å². The summed E-state index contributed by atoms with van der Waals surface area (Å²) in [6.45, 7) is 1.10. The van der Waals surface area contributed by atoms with Gasteiger partial charge in [0.15, 0.2) is 11.5 Å². The first-order valence-electron chi connectivity index (χ1n) is 7.19. The number of nitrogens with one attached hydrogen (secondary N) is 1. The SMILES string of the molecule is NC(=O)C(NC1CCCC1)c1ccc2c(c1)OCCO2. The first-order chi connectivity index (χ1) is 9.74. The second kappa shape index (κ2) is 5.71. The first-order valence-corrected chi connectivity index (χ1v) is 7.19. The van der Waals surface area contributed by atoms with Crippen molar-refractivity contribution in [2.75, 3.05) is 13.2 Å². The van der Waals surface area contributed by atoms with Gasteiger partial charge in [0.05, 0.1) is 0 Å². The largest absolute Gasteiger partial charge is 0.486 e. The lowest BCUT2D eigenvalue weighted by atomic mass is 10.0. The van der Waals surface area contributed by atoms with Crippen molar-refractivity contribution in [2.24, 2.45) is 5.73 Å². The molecule has 1 fully saturated rings. The molecule has 2 aliphatic rings. The quantitative estimate of drug-likeness (QED) is 0.874. The fraction of sp³-hybridized carbons (Fsp3) is 0.533. The van der Waals surface area contributed by atoms with Crippen LogP contribution < -0.4 is 20.5 Å². The molecule has 1 amide bonds. The van der Waals surface area contributed by atoms with Gasteiger partial charge in [0.2, 0.25) is 5.91 Å². The fourth-order valence-electron chi connectivity index (χ4n) is 2.91. The molecule has 20 heavy (non-hydrogen) atoms. The Hall–Kier alpha value is -1.75. The highest BCUT2D eigenvalue weighted by Gasteiger charge is 2.25. The van der Waals surface area contributed by atoms with E-state index < -0.39 is 6.04 Å². The monoisotopic (exact) mass is 276 g/mol. The average Bonchev–Trinajstić information content (AvgIpc) is 2.97. The van der Waals surface area contributed by atoms with Crippen molar-refractivity contribution < 1.29 is 14.3 Å². The molecule has 0 spiro atoms. The van der Waals surface area contributed by atoms with E-state index >= 15 is 0 Å². The number of fused-ring (bicyclic) bond motifs is 1. The van der Waals surface area contributed by atoms with E-state index in [1.54, 1.807) is 0 Å². The second-order valence-electron chi connectivity index (χ2n) is 5.39. The fourth-order valence-corrected chi connectivity index (χ4v) is 2.91. The Balaban J connectivity index is 1.81. The van der Waals surface area contributed by atoms with E-state index in [4.69, 9.17) is 15.2 Å². The van der Waals surface area contributed by atoms with Gasteiger partial charge >= 0.3 is 0 Å². The number of carbonyl (C=O) groups is 1. The van der Waals surface area contributed by atoms with Crippen LogP contribution in [-0.4, -0.2) is 25.2 Å². The minimum atomic E-state index is -0.464. The van der Waals surface area contributed by atoms with Gasteiger partial charge < -0.3 is 15.2 Å². The van der Waals surface area contributed by atoms with Crippen LogP contribution in [0, 0.1) is 0 Å². The van der Waals surface area contributed by atoms with Gasteiger partial charge in [-0.15, -0.1) is 0 Å². The Morgan fingerprint density at radius 2 is 1.90 bits per heavy atom. The third-order valence-electron chi connectivity index (χ3n) is 3.94. The summed E-state index contributed by atoms with van der Waals surface area (Å²) in [5, 5.41) is 3.37. The number of hydrogen-bond acceptors (Lipinski definition) is 4. The molecule has 0 radical (unpaired) electrons. The van der Waals surface area contributed by atoms with E-state index in [1.807, 2.05) is 18.2 Å². The number of ether oxygens (including phenoxy) is 2. The molecule has 1 aromatic rings. The smallest absolute Gasteiger partial charge is 0.239 e. The molecular weight excluding hydrogens is 256 g/mol. The Morgan fingerprint density at radius 3 is 2.60 bits per heavy atom. The molecule has 1 saturated carbocycles. The van der Waals surface area contributed by atoms with Crippen LogP contribution in [0.4, 0.5) is 0 Å². The van der Waals surface area contributed by atoms with Gasteiger partial charge in [0.25, 0.3) is 0 Å². The highest BCUT2D eigenvalue weighted by molar-refractivity contribution is 5.81. The molecule has 5 heteroatoms. The van der Waals surface area contributed by atoms with Crippen LogP contribution in [0.25, 0.3) is 0 Å². The molecule has 0 saturated heterocycles. The maximum absolute atomic E-state index is 11.7. The molecule has 1 atom stereocenters. The topological polar surface area (TPSA) is 73.6 Å². The molecular formula is C15H20N2O3. The van der Waals surface area contributed by atoms with Crippen LogP contribution in [0.15, 0.2) is 18.2 Å². The third-order valence-corrected chi connectivity index (χ3v) is 3.94. The molecule has 3 N–H and O–H groups in total. The van der Waals surface area contributed by atoms with Crippen molar-refractivity contribution in [3.8, 4) is 11.5 Å². The molecule has 1 unspecified atom stereocenters. The van der Waals surface area contributed by atoms with Crippen LogP contribution in [0.5, 0.6) is 11.5 Å². The zero-order valence-electron chi connectivity index (χ0n) is 11.4. The number of rotatable bonds is 4. The summed E-state index contributed by atoms with van der Waals surface area (Å²) in [5.41, 5.74) is 6.39. The van der Waals surface area contributed by atoms with E-state index in [1.165, 1.54) is 12.8 Å². The van der Waals surface area contributed by atoms with E-state index in [0.29, 0.717) is 25.0 Å². The molecule has 5 nitrogen and oxygen atoms in total. The maximum atomic E-state index is 11.7. The van der Waals surface area contributed by atoms with Gasteiger partial charge in [0, 0.05) is 6.04 Å². The van der Waals surface area contributed by atoms with E-state index in [0.717, 1.165) is 24.2 Å². The Labute approximate surface area is 118 Å². The lowest BCUT2D eigenvalue weighted by Gasteiger charge is -2.23. The Bertz CT molecular complexity index is 498.